The second kappa shape index (κ2) is 7.87. The number of halogens is 1. The van der Waals surface area contributed by atoms with Crippen LogP contribution in [0.3, 0.4) is 0 Å². The Kier molecular flexibility index (Phi) is 5.86. The van der Waals surface area contributed by atoms with Crippen LogP contribution in [0, 0.1) is 5.82 Å². The summed E-state index contributed by atoms with van der Waals surface area (Å²) in [4.78, 5) is 13.5. The van der Waals surface area contributed by atoms with Gasteiger partial charge in [-0.15, -0.1) is 11.3 Å². The lowest BCUT2D eigenvalue weighted by molar-refractivity contribution is -0.117. The smallest absolute Gasteiger partial charge is 0.244 e. The molecule has 1 amide bonds. The summed E-state index contributed by atoms with van der Waals surface area (Å²) in [5, 5.41) is 2.79. The summed E-state index contributed by atoms with van der Waals surface area (Å²) in [6.07, 6.45) is 3.20. The van der Waals surface area contributed by atoms with Gasteiger partial charge in [-0.25, -0.2) is 4.39 Å². The van der Waals surface area contributed by atoms with Crippen LogP contribution in [0.5, 0.6) is 0 Å². The van der Waals surface area contributed by atoms with E-state index >= 15 is 0 Å². The Bertz CT molecular complexity index is 666. The number of nitrogens with one attached hydrogen (secondary N) is 1. The predicted octanol–water partition coefficient (Wildman–Crippen LogP) is 3.72. The maximum Gasteiger partial charge on any atom is 0.244 e. The van der Waals surface area contributed by atoms with Gasteiger partial charge in [-0.3, -0.25) is 4.79 Å². The van der Waals surface area contributed by atoms with Crippen molar-refractivity contribution in [2.45, 2.75) is 13.0 Å². The Hall–Kier alpha value is -1.98. The Morgan fingerprint density at radius 2 is 2.14 bits per heavy atom. The standard InChI is InChI=1S/C17H18FNO2S/c1-12(11-21-2)19-17(20)10-8-13-7-9-16(22-13)14-5-3-4-6-15(14)18/h3-10,12H,11H2,1-2H3,(H,19,20). The lowest BCUT2D eigenvalue weighted by Gasteiger charge is -2.10. The number of methoxy groups -OCH3 is 1. The van der Waals surface area contributed by atoms with Crippen LogP contribution in [-0.2, 0) is 9.53 Å². The van der Waals surface area contributed by atoms with E-state index < -0.39 is 0 Å². The quantitative estimate of drug-likeness (QED) is 0.824. The molecule has 22 heavy (non-hydrogen) atoms. The summed E-state index contributed by atoms with van der Waals surface area (Å²) >= 11 is 1.44. The highest BCUT2D eigenvalue weighted by molar-refractivity contribution is 7.16. The van der Waals surface area contributed by atoms with Gasteiger partial charge in [0.2, 0.25) is 5.91 Å². The first kappa shape index (κ1) is 16.4. The van der Waals surface area contributed by atoms with Crippen LogP contribution in [0.4, 0.5) is 4.39 Å². The number of hydrogen-bond acceptors (Lipinski definition) is 3. The van der Waals surface area contributed by atoms with Crippen molar-refractivity contribution in [2.24, 2.45) is 0 Å². The fourth-order valence-electron chi connectivity index (χ4n) is 1.99. The van der Waals surface area contributed by atoms with Gasteiger partial charge in [-0.2, -0.15) is 0 Å². The number of thiophene rings is 1. The monoisotopic (exact) mass is 319 g/mol. The minimum atomic E-state index is -0.244. The van der Waals surface area contributed by atoms with Crippen LogP contribution < -0.4 is 5.32 Å². The molecule has 0 spiro atoms. The molecule has 0 aliphatic carbocycles. The SMILES string of the molecule is COCC(C)NC(=O)C=Cc1ccc(-c2ccccc2F)s1. The number of ether oxygens (including phenoxy) is 1. The van der Waals surface area contributed by atoms with Crippen molar-refractivity contribution in [3.05, 3.63) is 53.2 Å². The highest BCUT2D eigenvalue weighted by Gasteiger charge is 2.07. The summed E-state index contributed by atoms with van der Waals surface area (Å²) in [6.45, 7) is 2.34. The van der Waals surface area contributed by atoms with Gasteiger partial charge in [0.25, 0.3) is 0 Å². The van der Waals surface area contributed by atoms with Gasteiger partial charge in [0.05, 0.1) is 6.61 Å². The molecule has 5 heteroatoms. The number of rotatable bonds is 6. The topological polar surface area (TPSA) is 38.3 Å². The summed E-state index contributed by atoms with van der Waals surface area (Å²) in [5.41, 5.74) is 0.574. The first-order chi connectivity index (χ1) is 10.6. The molecule has 1 atom stereocenters. The molecule has 1 heterocycles. The van der Waals surface area contributed by atoms with E-state index in [0.717, 1.165) is 9.75 Å². The Labute approximate surface area is 133 Å². The van der Waals surface area contributed by atoms with Gasteiger partial charge >= 0.3 is 0 Å². The summed E-state index contributed by atoms with van der Waals surface area (Å²) < 4.78 is 18.7. The summed E-state index contributed by atoms with van der Waals surface area (Å²) in [6, 6.07) is 10.3. The lowest BCUT2D eigenvalue weighted by atomic mass is 10.2. The van der Waals surface area contributed by atoms with Crippen molar-refractivity contribution in [3.8, 4) is 10.4 Å². The molecule has 2 aromatic rings. The Balaban J connectivity index is 2.02. The van der Waals surface area contributed by atoms with Crippen molar-refractivity contribution >= 4 is 23.3 Å². The number of amides is 1. The molecular formula is C17H18FNO2S. The molecule has 0 saturated heterocycles. The van der Waals surface area contributed by atoms with Gasteiger partial charge in [-0.05, 0) is 31.2 Å². The van der Waals surface area contributed by atoms with Gasteiger partial charge in [0.1, 0.15) is 5.82 Å². The van der Waals surface area contributed by atoms with Crippen LogP contribution >= 0.6 is 11.3 Å². The second-order valence-corrected chi connectivity index (χ2v) is 6.00. The molecule has 1 unspecified atom stereocenters. The molecule has 0 saturated carbocycles. The van der Waals surface area contributed by atoms with Gasteiger partial charge in [0, 0.05) is 34.5 Å². The van der Waals surface area contributed by atoms with Gasteiger partial charge < -0.3 is 10.1 Å². The van der Waals surface area contributed by atoms with E-state index in [-0.39, 0.29) is 17.8 Å². The fraction of sp³-hybridized carbons (Fsp3) is 0.235. The maximum atomic E-state index is 13.7. The third-order valence-corrected chi connectivity index (χ3v) is 4.05. The van der Waals surface area contributed by atoms with Crippen molar-refractivity contribution in [1.29, 1.82) is 0 Å². The van der Waals surface area contributed by atoms with Crippen LogP contribution in [0.2, 0.25) is 0 Å². The maximum absolute atomic E-state index is 13.7. The van der Waals surface area contributed by atoms with Crippen LogP contribution in [0.25, 0.3) is 16.5 Å². The van der Waals surface area contributed by atoms with Crippen molar-refractivity contribution in [3.63, 3.8) is 0 Å². The van der Waals surface area contributed by atoms with Crippen molar-refractivity contribution < 1.29 is 13.9 Å². The van der Waals surface area contributed by atoms with Gasteiger partial charge in [-0.1, -0.05) is 18.2 Å². The number of hydrogen-bond donors (Lipinski definition) is 1. The first-order valence-corrected chi connectivity index (χ1v) is 7.74. The number of carbonyl (C=O) groups excluding carboxylic acids is 1. The molecule has 0 fully saturated rings. The molecule has 0 aliphatic heterocycles. The van der Waals surface area contributed by atoms with Crippen molar-refractivity contribution in [1.82, 2.24) is 5.32 Å². The third-order valence-electron chi connectivity index (χ3n) is 2.97. The van der Waals surface area contributed by atoms with E-state index in [9.17, 15) is 9.18 Å². The summed E-state index contributed by atoms with van der Waals surface area (Å²) in [5.74, 6) is -0.420. The zero-order chi connectivity index (χ0) is 15.9. The van der Waals surface area contributed by atoms with Crippen LogP contribution in [-0.4, -0.2) is 25.7 Å². The Morgan fingerprint density at radius 3 is 2.86 bits per heavy atom. The lowest BCUT2D eigenvalue weighted by Crippen LogP contribution is -2.34. The minimum Gasteiger partial charge on any atom is -0.383 e. The van der Waals surface area contributed by atoms with E-state index in [2.05, 4.69) is 5.32 Å². The van der Waals surface area contributed by atoms with E-state index in [4.69, 9.17) is 4.74 Å². The average molecular weight is 319 g/mol. The van der Waals surface area contributed by atoms with E-state index in [1.54, 1.807) is 31.4 Å². The molecule has 0 aliphatic rings. The van der Waals surface area contributed by atoms with Gasteiger partial charge in [0.15, 0.2) is 0 Å². The molecule has 1 N–H and O–H groups in total. The highest BCUT2D eigenvalue weighted by Crippen LogP contribution is 2.30. The minimum absolute atomic E-state index is 0.0422. The van der Waals surface area contributed by atoms with E-state index in [1.165, 1.54) is 23.5 Å². The number of carbonyl (C=O) groups is 1. The van der Waals surface area contributed by atoms with Crippen LogP contribution in [0.1, 0.15) is 11.8 Å². The fourth-order valence-corrected chi connectivity index (χ4v) is 2.93. The molecule has 1 aromatic carbocycles. The molecule has 3 nitrogen and oxygen atoms in total. The largest absolute Gasteiger partial charge is 0.383 e. The first-order valence-electron chi connectivity index (χ1n) is 6.92. The molecule has 2 rings (SSSR count). The summed E-state index contributed by atoms with van der Waals surface area (Å²) in [7, 11) is 1.59. The normalized spacial score (nSPS) is 12.5. The molecule has 0 bridgehead atoms. The highest BCUT2D eigenvalue weighted by atomic mass is 32.1. The van der Waals surface area contributed by atoms with E-state index in [0.29, 0.717) is 12.2 Å². The third kappa shape index (κ3) is 4.51. The zero-order valence-electron chi connectivity index (χ0n) is 12.5. The molecule has 0 radical (unpaired) electrons. The molecule has 116 valence electrons. The zero-order valence-corrected chi connectivity index (χ0v) is 13.3. The van der Waals surface area contributed by atoms with E-state index in [1.807, 2.05) is 19.1 Å². The molecule has 1 aromatic heterocycles. The van der Waals surface area contributed by atoms with Crippen LogP contribution in [0.15, 0.2) is 42.5 Å². The predicted molar refractivity (Wildman–Crippen MR) is 88.2 cm³/mol. The number of benzene rings is 1. The van der Waals surface area contributed by atoms with Crippen molar-refractivity contribution in [2.75, 3.05) is 13.7 Å². The average Bonchev–Trinajstić information content (AvgIpc) is 2.94. The Morgan fingerprint density at radius 1 is 1.36 bits per heavy atom. The second-order valence-electron chi connectivity index (χ2n) is 4.88. The molecular weight excluding hydrogens is 301 g/mol.